The number of aryl methyl sites for hydroxylation is 1. The van der Waals surface area contributed by atoms with Crippen molar-refractivity contribution in [3.63, 3.8) is 0 Å². The average molecular weight is 287 g/mol. The first-order valence-electron chi connectivity index (χ1n) is 7.63. The number of hydrogen-bond acceptors (Lipinski definition) is 2. The van der Waals surface area contributed by atoms with Gasteiger partial charge in [-0.2, -0.15) is 0 Å². The second-order valence-electron chi connectivity index (χ2n) is 5.40. The van der Waals surface area contributed by atoms with Crippen molar-refractivity contribution in [3.05, 3.63) is 36.0 Å². The third kappa shape index (κ3) is 3.27. The summed E-state index contributed by atoms with van der Waals surface area (Å²) >= 11 is 0. The number of amides is 1. The predicted octanol–water partition coefficient (Wildman–Crippen LogP) is 2.52. The zero-order chi connectivity index (χ0) is 15.4. The van der Waals surface area contributed by atoms with Crippen LogP contribution in [0.3, 0.4) is 0 Å². The van der Waals surface area contributed by atoms with E-state index >= 15 is 0 Å². The Morgan fingerprint density at radius 1 is 1.29 bits per heavy atom. The molecule has 2 aromatic rings. The van der Waals surface area contributed by atoms with Gasteiger partial charge in [-0.1, -0.05) is 18.2 Å². The second-order valence-corrected chi connectivity index (χ2v) is 5.40. The lowest BCUT2D eigenvalue weighted by atomic mass is 10.1. The monoisotopic (exact) mass is 287 g/mol. The average Bonchev–Trinajstić information content (AvgIpc) is 2.83. The van der Waals surface area contributed by atoms with Crippen LogP contribution < -0.4 is 5.32 Å². The van der Waals surface area contributed by atoms with Crippen LogP contribution in [0.25, 0.3) is 10.9 Å². The van der Waals surface area contributed by atoms with E-state index in [4.69, 9.17) is 0 Å². The minimum atomic E-state index is -0.163. The zero-order valence-corrected chi connectivity index (χ0v) is 13.4. The zero-order valence-electron chi connectivity index (χ0n) is 13.4. The number of carbonyl (C=O) groups is 1. The first-order valence-corrected chi connectivity index (χ1v) is 7.63. The van der Waals surface area contributed by atoms with Crippen molar-refractivity contribution in [2.45, 2.75) is 33.4 Å². The maximum Gasteiger partial charge on any atom is 0.239 e. The molecule has 1 atom stereocenters. The highest BCUT2D eigenvalue weighted by atomic mass is 16.2. The van der Waals surface area contributed by atoms with Crippen molar-refractivity contribution in [2.24, 2.45) is 7.05 Å². The van der Waals surface area contributed by atoms with Crippen molar-refractivity contribution >= 4 is 16.8 Å². The van der Waals surface area contributed by atoms with E-state index in [1.165, 1.54) is 16.5 Å². The third-order valence-electron chi connectivity index (χ3n) is 4.02. The van der Waals surface area contributed by atoms with Crippen molar-refractivity contribution in [1.29, 1.82) is 0 Å². The smallest absolute Gasteiger partial charge is 0.239 e. The topological polar surface area (TPSA) is 37.3 Å². The quantitative estimate of drug-likeness (QED) is 0.886. The van der Waals surface area contributed by atoms with Gasteiger partial charge in [0.05, 0.1) is 6.04 Å². The van der Waals surface area contributed by atoms with Crippen LogP contribution in [0, 0.1) is 0 Å². The lowest BCUT2D eigenvalue weighted by Crippen LogP contribution is -2.44. The van der Waals surface area contributed by atoms with Gasteiger partial charge in [-0.25, -0.2) is 0 Å². The van der Waals surface area contributed by atoms with E-state index in [0.717, 1.165) is 13.1 Å². The standard InChI is InChI=1S/C17H25N3O/c1-5-20(6-2)17(21)13(3)18-11-14-12-19(4)16-10-8-7-9-15(14)16/h7-10,12-13,18H,5-6,11H2,1-4H3. The minimum absolute atomic E-state index is 0.163. The number of benzene rings is 1. The Labute approximate surface area is 126 Å². The van der Waals surface area contributed by atoms with Gasteiger partial charge in [-0.15, -0.1) is 0 Å². The van der Waals surface area contributed by atoms with Gasteiger partial charge in [-0.05, 0) is 32.4 Å². The van der Waals surface area contributed by atoms with Gasteiger partial charge in [-0.3, -0.25) is 4.79 Å². The third-order valence-corrected chi connectivity index (χ3v) is 4.02. The molecule has 0 saturated carbocycles. The van der Waals surface area contributed by atoms with Gasteiger partial charge < -0.3 is 14.8 Å². The summed E-state index contributed by atoms with van der Waals surface area (Å²) < 4.78 is 2.13. The molecule has 1 aromatic carbocycles. The molecule has 0 fully saturated rings. The number of aromatic nitrogens is 1. The number of hydrogen-bond donors (Lipinski definition) is 1. The van der Waals surface area contributed by atoms with E-state index in [-0.39, 0.29) is 11.9 Å². The summed E-state index contributed by atoms with van der Waals surface area (Å²) in [6.45, 7) is 8.18. The molecule has 0 spiro atoms. The summed E-state index contributed by atoms with van der Waals surface area (Å²) in [5.74, 6) is 0.167. The maximum atomic E-state index is 12.3. The van der Waals surface area contributed by atoms with Crippen LogP contribution >= 0.6 is 0 Å². The van der Waals surface area contributed by atoms with Crippen molar-refractivity contribution in [1.82, 2.24) is 14.8 Å². The van der Waals surface area contributed by atoms with Crippen LogP contribution in [0.5, 0.6) is 0 Å². The summed E-state index contributed by atoms with van der Waals surface area (Å²) in [6.07, 6.45) is 2.13. The highest BCUT2D eigenvalue weighted by molar-refractivity contribution is 5.84. The molecule has 0 saturated heterocycles. The summed E-state index contributed by atoms with van der Waals surface area (Å²) in [7, 11) is 2.05. The predicted molar refractivity (Wildman–Crippen MR) is 87.1 cm³/mol. The lowest BCUT2D eigenvalue weighted by Gasteiger charge is -2.23. The van der Waals surface area contributed by atoms with E-state index in [2.05, 4.69) is 41.3 Å². The molecule has 0 radical (unpaired) electrons. The van der Waals surface area contributed by atoms with E-state index in [9.17, 15) is 4.79 Å². The molecular formula is C17H25N3O. The van der Waals surface area contributed by atoms with Gasteiger partial charge in [0, 0.05) is 43.8 Å². The van der Waals surface area contributed by atoms with Gasteiger partial charge in [0.1, 0.15) is 0 Å². The lowest BCUT2D eigenvalue weighted by molar-refractivity contribution is -0.132. The molecule has 1 amide bonds. The van der Waals surface area contributed by atoms with Gasteiger partial charge in [0.2, 0.25) is 5.91 Å². The highest BCUT2D eigenvalue weighted by Crippen LogP contribution is 2.20. The fourth-order valence-corrected chi connectivity index (χ4v) is 2.73. The molecule has 1 N–H and O–H groups in total. The first kappa shape index (κ1) is 15.6. The number of rotatable bonds is 6. The van der Waals surface area contributed by atoms with Crippen LogP contribution in [0.4, 0.5) is 0 Å². The minimum Gasteiger partial charge on any atom is -0.350 e. The van der Waals surface area contributed by atoms with Crippen LogP contribution in [0.2, 0.25) is 0 Å². The van der Waals surface area contributed by atoms with E-state index in [0.29, 0.717) is 6.54 Å². The molecule has 0 bridgehead atoms. The maximum absolute atomic E-state index is 12.3. The second kappa shape index (κ2) is 6.76. The van der Waals surface area contributed by atoms with Crippen molar-refractivity contribution in [2.75, 3.05) is 13.1 Å². The van der Waals surface area contributed by atoms with E-state index in [1.54, 1.807) is 0 Å². The number of nitrogens with one attached hydrogen (secondary N) is 1. The van der Waals surface area contributed by atoms with Crippen LogP contribution in [-0.2, 0) is 18.4 Å². The SMILES string of the molecule is CCN(CC)C(=O)C(C)NCc1cn(C)c2ccccc12. The van der Waals surface area contributed by atoms with E-state index < -0.39 is 0 Å². The molecular weight excluding hydrogens is 262 g/mol. The summed E-state index contributed by atoms with van der Waals surface area (Å²) in [6, 6.07) is 8.18. The molecule has 4 nitrogen and oxygen atoms in total. The van der Waals surface area contributed by atoms with Crippen molar-refractivity contribution < 1.29 is 4.79 Å². The highest BCUT2D eigenvalue weighted by Gasteiger charge is 2.18. The summed E-state index contributed by atoms with van der Waals surface area (Å²) in [5.41, 5.74) is 2.45. The van der Waals surface area contributed by atoms with E-state index in [1.807, 2.05) is 31.7 Å². The summed E-state index contributed by atoms with van der Waals surface area (Å²) in [4.78, 5) is 14.1. The molecule has 114 valence electrons. The number of nitrogens with zero attached hydrogens (tertiary/aromatic N) is 2. The largest absolute Gasteiger partial charge is 0.350 e. The number of carbonyl (C=O) groups excluding carboxylic acids is 1. The Balaban J connectivity index is 2.06. The fourth-order valence-electron chi connectivity index (χ4n) is 2.73. The molecule has 0 aliphatic rings. The molecule has 2 rings (SSSR count). The Morgan fingerprint density at radius 3 is 2.62 bits per heavy atom. The first-order chi connectivity index (χ1) is 10.1. The molecule has 1 unspecified atom stereocenters. The Bertz CT molecular complexity index is 614. The Hall–Kier alpha value is -1.81. The van der Waals surface area contributed by atoms with Crippen LogP contribution in [0.1, 0.15) is 26.3 Å². The molecule has 4 heteroatoms. The summed E-state index contributed by atoms with van der Waals surface area (Å²) in [5, 5.41) is 4.59. The van der Waals surface area contributed by atoms with Crippen molar-refractivity contribution in [3.8, 4) is 0 Å². The fraction of sp³-hybridized carbons (Fsp3) is 0.471. The van der Waals surface area contributed by atoms with Gasteiger partial charge in [0.15, 0.2) is 0 Å². The Kier molecular flexibility index (Phi) is 5.02. The number of para-hydroxylation sites is 1. The van der Waals surface area contributed by atoms with Gasteiger partial charge in [0.25, 0.3) is 0 Å². The Morgan fingerprint density at radius 2 is 1.95 bits per heavy atom. The molecule has 0 aliphatic carbocycles. The molecule has 1 heterocycles. The van der Waals surface area contributed by atoms with Crippen LogP contribution in [0.15, 0.2) is 30.5 Å². The molecule has 0 aliphatic heterocycles. The van der Waals surface area contributed by atoms with Gasteiger partial charge >= 0.3 is 0 Å². The normalized spacial score (nSPS) is 12.6. The molecule has 1 aromatic heterocycles. The molecule has 21 heavy (non-hydrogen) atoms. The van der Waals surface area contributed by atoms with Crippen LogP contribution in [-0.4, -0.2) is 34.5 Å². The number of likely N-dealkylation sites (N-methyl/N-ethyl adjacent to an activating group) is 1. The number of fused-ring (bicyclic) bond motifs is 1.